The van der Waals surface area contributed by atoms with Crippen molar-refractivity contribution in [2.45, 2.75) is 19.1 Å². The molecule has 1 amide bonds. The molecule has 8 nitrogen and oxygen atoms in total. The number of carbonyl (C=O) groups excluding carboxylic acids is 1. The van der Waals surface area contributed by atoms with Crippen molar-refractivity contribution in [2.75, 3.05) is 24.1 Å². The highest BCUT2D eigenvalue weighted by Gasteiger charge is 2.32. The number of rotatable bonds is 4. The fraction of sp³-hybridized carbons (Fsp3) is 0.294. The normalized spacial score (nSPS) is 15.7. The number of aromatic nitrogens is 3. The second-order valence-electron chi connectivity index (χ2n) is 6.24. The Kier molecular flexibility index (Phi) is 4.17. The molecule has 3 aromatic rings. The molecule has 4 N–H and O–H groups in total. The quantitative estimate of drug-likeness (QED) is 0.639. The van der Waals surface area contributed by atoms with E-state index in [9.17, 15) is 9.90 Å². The van der Waals surface area contributed by atoms with E-state index in [1.807, 2.05) is 25.1 Å². The number of β-amino-alcohol motifs (C(OH)–C–C–N with tert-alkyl or cyclic N) is 1. The van der Waals surface area contributed by atoms with Gasteiger partial charge in [0.05, 0.1) is 33.1 Å². The minimum atomic E-state index is -0.466. The number of fused-ring (bicyclic) bond motifs is 1. The SMILES string of the molecule is C[C@H](Nc1nc(C(=O)N2CC(O)C2)c2sc(N)cc2n1)c1ccccn1. The van der Waals surface area contributed by atoms with Gasteiger partial charge in [-0.3, -0.25) is 9.78 Å². The van der Waals surface area contributed by atoms with Gasteiger partial charge in [0.1, 0.15) is 0 Å². The molecule has 0 bridgehead atoms. The fourth-order valence-corrected chi connectivity index (χ4v) is 3.67. The zero-order valence-electron chi connectivity index (χ0n) is 14.1. The number of pyridine rings is 1. The lowest BCUT2D eigenvalue weighted by Crippen LogP contribution is -2.53. The number of nitrogens with two attached hydrogens (primary N) is 1. The lowest BCUT2D eigenvalue weighted by atomic mass is 10.1. The summed E-state index contributed by atoms with van der Waals surface area (Å²) in [5.74, 6) is 0.121. The zero-order valence-corrected chi connectivity index (χ0v) is 14.9. The molecule has 1 aliphatic rings. The Morgan fingerprint density at radius 3 is 2.92 bits per heavy atom. The van der Waals surface area contributed by atoms with Crippen LogP contribution in [0.5, 0.6) is 0 Å². The zero-order chi connectivity index (χ0) is 18.3. The molecule has 1 aliphatic heterocycles. The number of nitrogen functional groups attached to an aromatic ring is 1. The molecule has 0 aliphatic carbocycles. The Morgan fingerprint density at radius 1 is 1.42 bits per heavy atom. The van der Waals surface area contributed by atoms with E-state index < -0.39 is 6.10 Å². The van der Waals surface area contributed by atoms with Gasteiger partial charge >= 0.3 is 0 Å². The molecule has 3 aromatic heterocycles. The van der Waals surface area contributed by atoms with Gasteiger partial charge in [0, 0.05) is 19.3 Å². The standard InChI is InChI=1S/C17H18N6O2S/c1-9(11-4-2-3-5-19-11)20-17-21-12-6-13(18)26-15(12)14(22-17)16(25)23-7-10(24)8-23/h2-6,9-10,24H,7-8,18H2,1H3,(H,20,21,22)/t9-/m0/s1. The number of hydrogen-bond acceptors (Lipinski definition) is 8. The van der Waals surface area contributed by atoms with E-state index in [1.165, 1.54) is 11.3 Å². The minimum Gasteiger partial charge on any atom is -0.391 e. The Labute approximate surface area is 153 Å². The highest BCUT2D eigenvalue weighted by molar-refractivity contribution is 7.22. The Hall–Kier alpha value is -2.78. The number of thiophene rings is 1. The monoisotopic (exact) mass is 370 g/mol. The van der Waals surface area contributed by atoms with Crippen LogP contribution >= 0.6 is 11.3 Å². The summed E-state index contributed by atoms with van der Waals surface area (Å²) in [5, 5.41) is 13.2. The maximum absolute atomic E-state index is 12.8. The van der Waals surface area contributed by atoms with Crippen molar-refractivity contribution in [1.29, 1.82) is 0 Å². The van der Waals surface area contributed by atoms with Gasteiger partial charge in [0.15, 0.2) is 5.69 Å². The summed E-state index contributed by atoms with van der Waals surface area (Å²) in [6, 6.07) is 7.28. The highest BCUT2D eigenvalue weighted by Crippen LogP contribution is 2.31. The molecule has 4 heterocycles. The third-order valence-electron chi connectivity index (χ3n) is 4.22. The molecule has 0 radical (unpaired) electrons. The van der Waals surface area contributed by atoms with Crippen LogP contribution in [-0.4, -0.2) is 50.1 Å². The van der Waals surface area contributed by atoms with Crippen LogP contribution < -0.4 is 11.1 Å². The van der Waals surface area contributed by atoms with Crippen LogP contribution in [-0.2, 0) is 0 Å². The molecule has 4 rings (SSSR count). The van der Waals surface area contributed by atoms with Gasteiger partial charge in [-0.05, 0) is 25.1 Å². The van der Waals surface area contributed by atoms with Crippen LogP contribution in [0.15, 0.2) is 30.5 Å². The third-order valence-corrected chi connectivity index (χ3v) is 5.18. The first kappa shape index (κ1) is 16.7. The number of likely N-dealkylation sites (tertiary alicyclic amines) is 1. The molecular weight excluding hydrogens is 352 g/mol. The summed E-state index contributed by atoms with van der Waals surface area (Å²) in [4.78, 5) is 27.6. The molecule has 0 saturated carbocycles. The van der Waals surface area contributed by atoms with E-state index >= 15 is 0 Å². The first-order valence-corrected chi connectivity index (χ1v) is 9.05. The second kappa shape index (κ2) is 6.50. The van der Waals surface area contributed by atoms with E-state index in [-0.39, 0.29) is 11.9 Å². The summed E-state index contributed by atoms with van der Waals surface area (Å²) in [6.45, 7) is 2.59. The van der Waals surface area contributed by atoms with Gasteiger partial charge in [-0.2, -0.15) is 0 Å². The molecule has 1 saturated heterocycles. The van der Waals surface area contributed by atoms with E-state index in [4.69, 9.17) is 5.73 Å². The van der Waals surface area contributed by atoms with Crippen LogP contribution in [0, 0.1) is 0 Å². The average molecular weight is 370 g/mol. The highest BCUT2D eigenvalue weighted by atomic mass is 32.1. The van der Waals surface area contributed by atoms with Crippen molar-refractivity contribution >= 4 is 38.4 Å². The Bertz CT molecular complexity index is 955. The molecule has 134 valence electrons. The number of nitrogens with one attached hydrogen (secondary N) is 1. The summed E-state index contributed by atoms with van der Waals surface area (Å²) >= 11 is 1.29. The molecule has 0 spiro atoms. The third kappa shape index (κ3) is 3.06. The lowest BCUT2D eigenvalue weighted by molar-refractivity contribution is 0.00567. The van der Waals surface area contributed by atoms with Gasteiger partial charge in [0.2, 0.25) is 5.95 Å². The summed E-state index contributed by atoms with van der Waals surface area (Å²) in [6.07, 6.45) is 1.26. The van der Waals surface area contributed by atoms with E-state index in [0.717, 1.165) is 5.69 Å². The summed E-state index contributed by atoms with van der Waals surface area (Å²) in [7, 11) is 0. The number of aliphatic hydroxyl groups is 1. The van der Waals surface area contributed by atoms with Gasteiger partial charge < -0.3 is 21.1 Å². The molecule has 0 unspecified atom stereocenters. The molecule has 26 heavy (non-hydrogen) atoms. The average Bonchev–Trinajstić information content (AvgIpc) is 2.98. The number of hydrogen-bond donors (Lipinski definition) is 3. The lowest BCUT2D eigenvalue weighted by Gasteiger charge is -2.35. The van der Waals surface area contributed by atoms with E-state index in [0.29, 0.717) is 39.9 Å². The van der Waals surface area contributed by atoms with Crippen LogP contribution in [0.3, 0.4) is 0 Å². The van der Waals surface area contributed by atoms with Crippen molar-refractivity contribution in [3.8, 4) is 0 Å². The molecule has 0 aromatic carbocycles. The number of anilines is 2. The van der Waals surface area contributed by atoms with Crippen molar-refractivity contribution < 1.29 is 9.90 Å². The fourth-order valence-electron chi connectivity index (χ4n) is 2.83. The van der Waals surface area contributed by atoms with E-state index in [2.05, 4.69) is 20.3 Å². The smallest absolute Gasteiger partial charge is 0.274 e. The molecular formula is C17H18N6O2S. The van der Waals surface area contributed by atoms with Gasteiger partial charge in [-0.25, -0.2) is 9.97 Å². The molecule has 1 fully saturated rings. The number of aliphatic hydroxyl groups excluding tert-OH is 1. The molecule has 9 heteroatoms. The van der Waals surface area contributed by atoms with Gasteiger partial charge in [-0.1, -0.05) is 6.07 Å². The van der Waals surface area contributed by atoms with Gasteiger partial charge in [-0.15, -0.1) is 11.3 Å². The van der Waals surface area contributed by atoms with E-state index in [1.54, 1.807) is 17.2 Å². The van der Waals surface area contributed by atoms with Crippen molar-refractivity contribution in [3.05, 3.63) is 41.9 Å². The summed E-state index contributed by atoms with van der Waals surface area (Å²) in [5.41, 5.74) is 7.68. The maximum atomic E-state index is 12.8. The number of amides is 1. The number of carbonyl (C=O) groups is 1. The Balaban J connectivity index is 1.68. The second-order valence-corrected chi connectivity index (χ2v) is 7.33. The predicted molar refractivity (Wildman–Crippen MR) is 100 cm³/mol. The summed E-state index contributed by atoms with van der Waals surface area (Å²) < 4.78 is 0.657. The molecule has 1 atom stereocenters. The first-order valence-electron chi connectivity index (χ1n) is 8.23. The van der Waals surface area contributed by atoms with Crippen LogP contribution in [0.2, 0.25) is 0 Å². The largest absolute Gasteiger partial charge is 0.391 e. The van der Waals surface area contributed by atoms with Gasteiger partial charge in [0.25, 0.3) is 5.91 Å². The van der Waals surface area contributed by atoms with Crippen molar-refractivity contribution in [3.63, 3.8) is 0 Å². The Morgan fingerprint density at radius 2 is 2.23 bits per heavy atom. The first-order chi connectivity index (χ1) is 12.5. The van der Waals surface area contributed by atoms with Crippen molar-refractivity contribution in [1.82, 2.24) is 19.9 Å². The van der Waals surface area contributed by atoms with Crippen molar-refractivity contribution in [2.24, 2.45) is 0 Å². The topological polar surface area (TPSA) is 117 Å². The predicted octanol–water partition coefficient (Wildman–Crippen LogP) is 1.66. The number of nitrogens with zero attached hydrogens (tertiary/aromatic N) is 4. The maximum Gasteiger partial charge on any atom is 0.274 e. The minimum absolute atomic E-state index is 0.126. The van der Waals surface area contributed by atoms with Crippen LogP contribution in [0.4, 0.5) is 10.9 Å². The van der Waals surface area contributed by atoms with Crippen LogP contribution in [0.1, 0.15) is 29.1 Å². The van der Waals surface area contributed by atoms with Crippen LogP contribution in [0.25, 0.3) is 10.2 Å².